The highest BCUT2D eigenvalue weighted by Gasteiger charge is 2.17. The summed E-state index contributed by atoms with van der Waals surface area (Å²) in [5, 5.41) is 3.68. The molecule has 2 aromatic carbocycles. The zero-order chi connectivity index (χ0) is 13.8. The molecule has 1 aliphatic carbocycles. The predicted molar refractivity (Wildman–Crippen MR) is 82.1 cm³/mol. The van der Waals surface area contributed by atoms with Crippen LogP contribution in [0.15, 0.2) is 48.5 Å². The van der Waals surface area contributed by atoms with Crippen LogP contribution in [-0.2, 0) is 19.4 Å². The van der Waals surface area contributed by atoms with Crippen LogP contribution < -0.4 is 10.1 Å². The standard InChI is InChI=1S/C18H21NO/c1-20-18-10-6-14(7-11-18)13-19-17-9-8-15-4-2-3-5-16(15)12-17/h2-7,10-11,17,19H,8-9,12-13H2,1H3/t17-/m1/s1. The SMILES string of the molecule is COc1ccc(CN[C@@H]2CCc3ccccc3C2)cc1. The molecule has 2 heteroatoms. The van der Waals surface area contributed by atoms with Crippen LogP contribution in [0.3, 0.4) is 0 Å². The first kappa shape index (κ1) is 13.2. The second kappa shape index (κ2) is 6.10. The number of aryl methyl sites for hydroxylation is 1. The minimum Gasteiger partial charge on any atom is -0.497 e. The molecule has 104 valence electrons. The Labute approximate surface area is 120 Å². The van der Waals surface area contributed by atoms with Crippen molar-refractivity contribution in [2.24, 2.45) is 0 Å². The van der Waals surface area contributed by atoms with Gasteiger partial charge in [-0.2, -0.15) is 0 Å². The van der Waals surface area contributed by atoms with Crippen LogP contribution in [-0.4, -0.2) is 13.2 Å². The summed E-state index contributed by atoms with van der Waals surface area (Å²) >= 11 is 0. The summed E-state index contributed by atoms with van der Waals surface area (Å²) in [6.45, 7) is 0.927. The molecule has 3 rings (SSSR count). The Morgan fingerprint density at radius 2 is 1.80 bits per heavy atom. The molecule has 0 bridgehead atoms. The van der Waals surface area contributed by atoms with E-state index < -0.39 is 0 Å². The lowest BCUT2D eigenvalue weighted by atomic mass is 9.88. The molecule has 0 aromatic heterocycles. The van der Waals surface area contributed by atoms with Crippen molar-refractivity contribution < 1.29 is 4.74 Å². The van der Waals surface area contributed by atoms with E-state index in [2.05, 4.69) is 41.7 Å². The van der Waals surface area contributed by atoms with E-state index in [1.54, 1.807) is 7.11 Å². The average Bonchev–Trinajstić information content (AvgIpc) is 2.53. The monoisotopic (exact) mass is 267 g/mol. The zero-order valence-corrected chi connectivity index (χ0v) is 11.9. The van der Waals surface area contributed by atoms with E-state index in [1.165, 1.54) is 29.5 Å². The lowest BCUT2D eigenvalue weighted by Gasteiger charge is -2.25. The van der Waals surface area contributed by atoms with Gasteiger partial charge in [-0.1, -0.05) is 36.4 Å². The minimum absolute atomic E-state index is 0.590. The fraction of sp³-hybridized carbons (Fsp3) is 0.333. The molecule has 2 aromatic rings. The van der Waals surface area contributed by atoms with Crippen molar-refractivity contribution in [3.8, 4) is 5.75 Å². The number of fused-ring (bicyclic) bond motifs is 1. The van der Waals surface area contributed by atoms with Gasteiger partial charge >= 0.3 is 0 Å². The van der Waals surface area contributed by atoms with Crippen LogP contribution >= 0.6 is 0 Å². The highest BCUT2D eigenvalue weighted by molar-refractivity contribution is 5.31. The van der Waals surface area contributed by atoms with Gasteiger partial charge in [-0.05, 0) is 48.1 Å². The quantitative estimate of drug-likeness (QED) is 0.917. The maximum Gasteiger partial charge on any atom is 0.118 e. The highest BCUT2D eigenvalue weighted by Crippen LogP contribution is 2.21. The van der Waals surface area contributed by atoms with Crippen molar-refractivity contribution in [2.45, 2.75) is 31.8 Å². The molecule has 20 heavy (non-hydrogen) atoms. The number of methoxy groups -OCH3 is 1. The Morgan fingerprint density at radius 1 is 1.05 bits per heavy atom. The summed E-state index contributed by atoms with van der Waals surface area (Å²) in [7, 11) is 1.70. The van der Waals surface area contributed by atoms with Gasteiger partial charge in [0.1, 0.15) is 5.75 Å². The Hall–Kier alpha value is -1.80. The van der Waals surface area contributed by atoms with Gasteiger partial charge in [0.2, 0.25) is 0 Å². The fourth-order valence-corrected chi connectivity index (χ4v) is 2.88. The van der Waals surface area contributed by atoms with Crippen molar-refractivity contribution in [3.05, 3.63) is 65.2 Å². The third-order valence-electron chi connectivity index (χ3n) is 4.10. The average molecular weight is 267 g/mol. The van der Waals surface area contributed by atoms with E-state index in [9.17, 15) is 0 Å². The van der Waals surface area contributed by atoms with Crippen LogP contribution in [0.2, 0.25) is 0 Å². The molecule has 0 heterocycles. The van der Waals surface area contributed by atoms with Crippen molar-refractivity contribution in [2.75, 3.05) is 7.11 Å². The molecular formula is C18H21NO. The molecule has 0 saturated carbocycles. The van der Waals surface area contributed by atoms with Crippen molar-refractivity contribution in [1.29, 1.82) is 0 Å². The van der Waals surface area contributed by atoms with E-state index in [0.717, 1.165) is 18.7 Å². The van der Waals surface area contributed by atoms with Crippen LogP contribution in [0, 0.1) is 0 Å². The normalized spacial score (nSPS) is 17.6. The topological polar surface area (TPSA) is 21.3 Å². The Morgan fingerprint density at radius 3 is 2.55 bits per heavy atom. The first-order chi connectivity index (χ1) is 9.85. The lowest BCUT2D eigenvalue weighted by Crippen LogP contribution is -2.34. The van der Waals surface area contributed by atoms with Gasteiger partial charge in [-0.3, -0.25) is 0 Å². The molecule has 1 aliphatic rings. The number of nitrogens with one attached hydrogen (secondary N) is 1. The summed E-state index contributed by atoms with van der Waals surface area (Å²) in [4.78, 5) is 0. The number of hydrogen-bond donors (Lipinski definition) is 1. The number of hydrogen-bond acceptors (Lipinski definition) is 2. The Balaban J connectivity index is 1.57. The molecule has 0 unspecified atom stereocenters. The Kier molecular flexibility index (Phi) is 4.03. The molecular weight excluding hydrogens is 246 g/mol. The fourth-order valence-electron chi connectivity index (χ4n) is 2.88. The second-order valence-electron chi connectivity index (χ2n) is 5.44. The highest BCUT2D eigenvalue weighted by atomic mass is 16.5. The van der Waals surface area contributed by atoms with Crippen LogP contribution in [0.25, 0.3) is 0 Å². The first-order valence-corrected chi connectivity index (χ1v) is 7.28. The molecule has 0 fully saturated rings. The van der Waals surface area contributed by atoms with E-state index >= 15 is 0 Å². The van der Waals surface area contributed by atoms with Crippen molar-refractivity contribution in [1.82, 2.24) is 5.32 Å². The van der Waals surface area contributed by atoms with Crippen LogP contribution in [0.1, 0.15) is 23.1 Å². The molecule has 0 saturated heterocycles. The van der Waals surface area contributed by atoms with Crippen LogP contribution in [0.5, 0.6) is 5.75 Å². The number of rotatable bonds is 4. The molecule has 1 atom stereocenters. The second-order valence-corrected chi connectivity index (χ2v) is 5.44. The van der Waals surface area contributed by atoms with Gasteiger partial charge in [0.25, 0.3) is 0 Å². The summed E-state index contributed by atoms with van der Waals surface area (Å²) in [6.07, 6.45) is 3.57. The van der Waals surface area contributed by atoms with Gasteiger partial charge < -0.3 is 10.1 Å². The molecule has 0 radical (unpaired) electrons. The minimum atomic E-state index is 0.590. The van der Waals surface area contributed by atoms with Gasteiger partial charge in [0.15, 0.2) is 0 Å². The van der Waals surface area contributed by atoms with Gasteiger partial charge in [-0.25, -0.2) is 0 Å². The smallest absolute Gasteiger partial charge is 0.118 e. The van der Waals surface area contributed by atoms with E-state index in [4.69, 9.17) is 4.74 Å². The maximum absolute atomic E-state index is 5.18. The van der Waals surface area contributed by atoms with Crippen LogP contribution in [0.4, 0.5) is 0 Å². The van der Waals surface area contributed by atoms with E-state index in [1.807, 2.05) is 12.1 Å². The third-order valence-corrected chi connectivity index (χ3v) is 4.10. The Bertz CT molecular complexity index is 562. The maximum atomic E-state index is 5.18. The summed E-state index contributed by atoms with van der Waals surface area (Å²) in [6, 6.07) is 17.7. The third kappa shape index (κ3) is 3.02. The van der Waals surface area contributed by atoms with E-state index in [0.29, 0.717) is 6.04 Å². The molecule has 1 N–H and O–H groups in total. The van der Waals surface area contributed by atoms with Crippen molar-refractivity contribution >= 4 is 0 Å². The number of benzene rings is 2. The lowest BCUT2D eigenvalue weighted by molar-refractivity contribution is 0.414. The molecule has 0 amide bonds. The van der Waals surface area contributed by atoms with Gasteiger partial charge in [0, 0.05) is 12.6 Å². The van der Waals surface area contributed by atoms with E-state index in [-0.39, 0.29) is 0 Å². The molecule has 0 aliphatic heterocycles. The number of ether oxygens (including phenoxy) is 1. The summed E-state index contributed by atoms with van der Waals surface area (Å²) in [5.41, 5.74) is 4.34. The molecule has 0 spiro atoms. The molecule has 2 nitrogen and oxygen atoms in total. The zero-order valence-electron chi connectivity index (χ0n) is 11.9. The summed E-state index contributed by atoms with van der Waals surface area (Å²) < 4.78 is 5.18. The summed E-state index contributed by atoms with van der Waals surface area (Å²) in [5.74, 6) is 0.917. The largest absolute Gasteiger partial charge is 0.497 e. The first-order valence-electron chi connectivity index (χ1n) is 7.28. The predicted octanol–water partition coefficient (Wildman–Crippen LogP) is 3.34. The van der Waals surface area contributed by atoms with Gasteiger partial charge in [-0.15, -0.1) is 0 Å². The van der Waals surface area contributed by atoms with Crippen molar-refractivity contribution in [3.63, 3.8) is 0 Å². The van der Waals surface area contributed by atoms with Gasteiger partial charge in [0.05, 0.1) is 7.11 Å².